The van der Waals surface area contributed by atoms with Gasteiger partial charge in [0.25, 0.3) is 5.91 Å². The maximum absolute atomic E-state index is 12.7. The molecule has 21 heavy (non-hydrogen) atoms. The van der Waals surface area contributed by atoms with Crippen LogP contribution in [0.3, 0.4) is 0 Å². The minimum atomic E-state index is -0.0850. The van der Waals surface area contributed by atoms with Gasteiger partial charge in [-0.3, -0.25) is 9.59 Å². The van der Waals surface area contributed by atoms with Crippen LogP contribution in [0, 0.1) is 0 Å². The molecule has 3 rings (SSSR count). The number of carbonyl (C=O) groups excluding carboxylic acids is 2. The fraction of sp³-hybridized carbons (Fsp3) is 0.467. The second kappa shape index (κ2) is 5.27. The minimum absolute atomic E-state index is 0.0850. The van der Waals surface area contributed by atoms with Crippen molar-refractivity contribution >= 4 is 17.5 Å². The lowest BCUT2D eigenvalue weighted by molar-refractivity contribution is -0.130. The van der Waals surface area contributed by atoms with Crippen molar-refractivity contribution in [3.63, 3.8) is 0 Å². The molecule has 6 nitrogen and oxygen atoms in total. The maximum atomic E-state index is 12.7. The van der Waals surface area contributed by atoms with Gasteiger partial charge in [-0.05, 0) is 18.6 Å². The SMILES string of the molecule is COc1c(N)cccc1C(=O)N1CCN2C(=O)CCC2C1. The molecule has 2 heterocycles. The molecule has 112 valence electrons. The number of nitrogens with zero attached hydrogens (tertiary/aromatic N) is 2. The molecule has 0 spiro atoms. The summed E-state index contributed by atoms with van der Waals surface area (Å²) in [4.78, 5) is 28.1. The zero-order valence-electron chi connectivity index (χ0n) is 12.0. The Morgan fingerprint density at radius 3 is 2.95 bits per heavy atom. The molecular weight excluding hydrogens is 270 g/mol. The largest absolute Gasteiger partial charge is 0.494 e. The molecule has 2 amide bonds. The van der Waals surface area contributed by atoms with E-state index in [1.54, 1.807) is 23.1 Å². The molecule has 1 aromatic carbocycles. The highest BCUT2D eigenvalue weighted by Gasteiger charge is 2.37. The normalized spacial score (nSPS) is 21.4. The lowest BCUT2D eigenvalue weighted by Crippen LogP contribution is -2.53. The van der Waals surface area contributed by atoms with Gasteiger partial charge in [0.1, 0.15) is 0 Å². The van der Waals surface area contributed by atoms with E-state index in [-0.39, 0.29) is 17.9 Å². The number of piperazine rings is 1. The number of amides is 2. The smallest absolute Gasteiger partial charge is 0.257 e. The molecule has 2 saturated heterocycles. The summed E-state index contributed by atoms with van der Waals surface area (Å²) >= 11 is 0. The van der Waals surface area contributed by atoms with Crippen LogP contribution in [0.2, 0.25) is 0 Å². The number of rotatable bonds is 2. The first-order valence-corrected chi connectivity index (χ1v) is 7.13. The van der Waals surface area contributed by atoms with E-state index in [4.69, 9.17) is 10.5 Å². The lowest BCUT2D eigenvalue weighted by atomic mass is 10.1. The molecule has 2 N–H and O–H groups in total. The summed E-state index contributed by atoms with van der Waals surface area (Å²) in [6.45, 7) is 1.75. The molecule has 6 heteroatoms. The number of fused-ring (bicyclic) bond motifs is 1. The summed E-state index contributed by atoms with van der Waals surface area (Å²) in [6, 6.07) is 5.34. The van der Waals surface area contributed by atoms with E-state index >= 15 is 0 Å². The first-order valence-electron chi connectivity index (χ1n) is 7.13. The van der Waals surface area contributed by atoms with E-state index in [0.29, 0.717) is 43.1 Å². The maximum Gasteiger partial charge on any atom is 0.257 e. The molecule has 2 aliphatic rings. The number of hydrogen-bond acceptors (Lipinski definition) is 4. The van der Waals surface area contributed by atoms with Gasteiger partial charge in [0.2, 0.25) is 5.91 Å². The number of para-hydroxylation sites is 1. The van der Waals surface area contributed by atoms with Gasteiger partial charge >= 0.3 is 0 Å². The molecule has 1 aromatic rings. The van der Waals surface area contributed by atoms with Crippen LogP contribution in [0.1, 0.15) is 23.2 Å². The van der Waals surface area contributed by atoms with Gasteiger partial charge in [0.05, 0.1) is 18.4 Å². The van der Waals surface area contributed by atoms with Crippen LogP contribution in [0.25, 0.3) is 0 Å². The van der Waals surface area contributed by atoms with Crippen molar-refractivity contribution in [3.05, 3.63) is 23.8 Å². The molecular formula is C15H19N3O3. The molecule has 0 bridgehead atoms. The number of anilines is 1. The van der Waals surface area contributed by atoms with E-state index in [2.05, 4.69) is 0 Å². The predicted octanol–water partition coefficient (Wildman–Crippen LogP) is 0.724. The van der Waals surface area contributed by atoms with Crippen LogP contribution < -0.4 is 10.5 Å². The number of nitrogen functional groups attached to an aromatic ring is 1. The summed E-state index contributed by atoms with van der Waals surface area (Å²) in [5, 5.41) is 0. The highest BCUT2D eigenvalue weighted by molar-refractivity contribution is 5.98. The fourth-order valence-corrected chi connectivity index (χ4v) is 3.17. The zero-order chi connectivity index (χ0) is 15.0. The molecule has 0 aromatic heterocycles. The van der Waals surface area contributed by atoms with Crippen LogP contribution in [0.4, 0.5) is 5.69 Å². The lowest BCUT2D eigenvalue weighted by Gasteiger charge is -2.37. The Morgan fingerprint density at radius 1 is 1.38 bits per heavy atom. The average Bonchev–Trinajstić information content (AvgIpc) is 2.87. The van der Waals surface area contributed by atoms with Crippen LogP contribution >= 0.6 is 0 Å². The van der Waals surface area contributed by atoms with Crippen molar-refractivity contribution in [1.29, 1.82) is 0 Å². The molecule has 1 atom stereocenters. The van der Waals surface area contributed by atoms with Crippen molar-refractivity contribution in [2.24, 2.45) is 0 Å². The average molecular weight is 289 g/mol. The second-order valence-electron chi connectivity index (χ2n) is 5.46. The van der Waals surface area contributed by atoms with E-state index in [9.17, 15) is 9.59 Å². The van der Waals surface area contributed by atoms with Crippen LogP contribution in [0.5, 0.6) is 5.75 Å². The number of benzene rings is 1. The minimum Gasteiger partial charge on any atom is -0.494 e. The number of ether oxygens (including phenoxy) is 1. The van der Waals surface area contributed by atoms with Crippen molar-refractivity contribution < 1.29 is 14.3 Å². The quantitative estimate of drug-likeness (QED) is 0.814. The molecule has 0 saturated carbocycles. The van der Waals surface area contributed by atoms with E-state index in [0.717, 1.165) is 6.42 Å². The summed E-state index contributed by atoms with van der Waals surface area (Å²) in [7, 11) is 1.51. The highest BCUT2D eigenvalue weighted by atomic mass is 16.5. The van der Waals surface area contributed by atoms with Crippen molar-refractivity contribution in [1.82, 2.24) is 9.80 Å². The number of methoxy groups -OCH3 is 1. The summed E-state index contributed by atoms with van der Waals surface area (Å²) in [5.74, 6) is 0.541. The van der Waals surface area contributed by atoms with Crippen LogP contribution in [-0.2, 0) is 4.79 Å². The molecule has 1 unspecified atom stereocenters. The van der Waals surface area contributed by atoms with E-state index in [1.165, 1.54) is 7.11 Å². The van der Waals surface area contributed by atoms with Gasteiger partial charge in [-0.25, -0.2) is 0 Å². The van der Waals surface area contributed by atoms with Gasteiger partial charge in [0, 0.05) is 32.1 Å². The Kier molecular flexibility index (Phi) is 3.45. The van der Waals surface area contributed by atoms with Crippen molar-refractivity contribution in [2.45, 2.75) is 18.9 Å². The summed E-state index contributed by atoms with van der Waals surface area (Å²) < 4.78 is 5.25. The predicted molar refractivity (Wildman–Crippen MR) is 78.0 cm³/mol. The summed E-state index contributed by atoms with van der Waals surface area (Å²) in [6.07, 6.45) is 1.42. The summed E-state index contributed by atoms with van der Waals surface area (Å²) in [5.41, 5.74) is 6.79. The van der Waals surface area contributed by atoms with Gasteiger partial charge in [0.15, 0.2) is 5.75 Å². The zero-order valence-corrected chi connectivity index (χ0v) is 12.0. The first kappa shape index (κ1) is 13.7. The third-order valence-corrected chi connectivity index (χ3v) is 4.26. The number of hydrogen-bond donors (Lipinski definition) is 1. The molecule has 2 fully saturated rings. The molecule has 0 aliphatic carbocycles. The second-order valence-corrected chi connectivity index (χ2v) is 5.46. The van der Waals surface area contributed by atoms with Gasteiger partial charge in [-0.15, -0.1) is 0 Å². The number of nitrogens with two attached hydrogens (primary N) is 1. The highest BCUT2D eigenvalue weighted by Crippen LogP contribution is 2.29. The van der Waals surface area contributed by atoms with Crippen LogP contribution in [0.15, 0.2) is 18.2 Å². The van der Waals surface area contributed by atoms with Gasteiger partial charge in [-0.1, -0.05) is 6.07 Å². The van der Waals surface area contributed by atoms with Crippen molar-refractivity contribution in [3.8, 4) is 5.75 Å². The number of carbonyl (C=O) groups is 2. The van der Waals surface area contributed by atoms with E-state index in [1.807, 2.05) is 4.90 Å². The van der Waals surface area contributed by atoms with Crippen molar-refractivity contribution in [2.75, 3.05) is 32.5 Å². The third kappa shape index (κ3) is 2.30. The standard InChI is InChI=1S/C15H19N3O3/c1-21-14-11(3-2-4-12(14)16)15(20)17-7-8-18-10(9-17)5-6-13(18)19/h2-4,10H,5-9,16H2,1H3. The molecule has 0 radical (unpaired) electrons. The third-order valence-electron chi connectivity index (χ3n) is 4.26. The topological polar surface area (TPSA) is 75.9 Å². The fourth-order valence-electron chi connectivity index (χ4n) is 3.17. The monoisotopic (exact) mass is 289 g/mol. The Labute approximate surface area is 123 Å². The van der Waals surface area contributed by atoms with E-state index < -0.39 is 0 Å². The van der Waals surface area contributed by atoms with Gasteiger partial charge < -0.3 is 20.3 Å². The first-order chi connectivity index (χ1) is 10.1. The Balaban J connectivity index is 1.80. The Morgan fingerprint density at radius 2 is 2.19 bits per heavy atom. The molecule has 2 aliphatic heterocycles. The van der Waals surface area contributed by atoms with Gasteiger partial charge in [-0.2, -0.15) is 0 Å². The Bertz CT molecular complexity index is 588. The Hall–Kier alpha value is -2.24. The van der Waals surface area contributed by atoms with Crippen LogP contribution in [-0.4, -0.2) is 54.4 Å².